The standard InChI is InChI=1S/C22H15FO2S/c23-19-7-3-1-5-16(19)14-25-17-11-9-15(10-12-17)13-21-22(24)18-6-2-4-8-20(18)26-21/h1-13H,14H2. The lowest BCUT2D eigenvalue weighted by Gasteiger charge is -2.07. The maximum atomic E-state index is 13.6. The van der Waals surface area contributed by atoms with Crippen molar-refractivity contribution in [3.63, 3.8) is 0 Å². The van der Waals surface area contributed by atoms with Crippen molar-refractivity contribution < 1.29 is 13.9 Å². The van der Waals surface area contributed by atoms with Crippen molar-refractivity contribution in [1.29, 1.82) is 0 Å². The third-order valence-electron chi connectivity index (χ3n) is 4.11. The molecule has 0 fully saturated rings. The average Bonchev–Trinajstić information content (AvgIpc) is 2.98. The van der Waals surface area contributed by atoms with E-state index in [0.29, 0.717) is 16.2 Å². The Bertz CT molecular complexity index is 993. The van der Waals surface area contributed by atoms with E-state index in [1.807, 2.05) is 54.6 Å². The largest absolute Gasteiger partial charge is 0.489 e. The zero-order valence-electron chi connectivity index (χ0n) is 13.8. The zero-order valence-corrected chi connectivity index (χ0v) is 14.6. The van der Waals surface area contributed by atoms with Crippen LogP contribution in [0.25, 0.3) is 6.08 Å². The summed E-state index contributed by atoms with van der Waals surface area (Å²) < 4.78 is 19.2. The van der Waals surface area contributed by atoms with Crippen LogP contribution in [0.5, 0.6) is 5.75 Å². The predicted molar refractivity (Wildman–Crippen MR) is 102 cm³/mol. The Hall–Kier alpha value is -2.85. The summed E-state index contributed by atoms with van der Waals surface area (Å²) in [6.07, 6.45) is 1.88. The Morgan fingerprint density at radius 2 is 1.65 bits per heavy atom. The molecule has 0 N–H and O–H groups in total. The summed E-state index contributed by atoms with van der Waals surface area (Å²) >= 11 is 1.49. The Balaban J connectivity index is 1.45. The van der Waals surface area contributed by atoms with Gasteiger partial charge in [0.15, 0.2) is 0 Å². The van der Waals surface area contributed by atoms with Crippen LogP contribution in [0.2, 0.25) is 0 Å². The van der Waals surface area contributed by atoms with E-state index in [1.54, 1.807) is 18.2 Å². The van der Waals surface area contributed by atoms with Crippen LogP contribution in [-0.2, 0) is 6.61 Å². The Morgan fingerprint density at radius 3 is 2.42 bits per heavy atom. The zero-order chi connectivity index (χ0) is 17.9. The number of benzene rings is 3. The van der Waals surface area contributed by atoms with E-state index in [-0.39, 0.29) is 18.2 Å². The molecule has 26 heavy (non-hydrogen) atoms. The number of hydrogen-bond donors (Lipinski definition) is 0. The van der Waals surface area contributed by atoms with Crippen LogP contribution in [0.3, 0.4) is 0 Å². The van der Waals surface area contributed by atoms with E-state index in [4.69, 9.17) is 4.74 Å². The summed E-state index contributed by atoms with van der Waals surface area (Å²) in [5, 5.41) is 0. The van der Waals surface area contributed by atoms with Crippen molar-refractivity contribution in [2.45, 2.75) is 11.5 Å². The molecule has 0 amide bonds. The number of allylic oxidation sites excluding steroid dienone is 1. The first-order chi connectivity index (χ1) is 12.7. The van der Waals surface area contributed by atoms with Crippen LogP contribution >= 0.6 is 11.8 Å². The lowest BCUT2D eigenvalue weighted by molar-refractivity contribution is 0.104. The molecule has 128 valence electrons. The molecular weight excluding hydrogens is 347 g/mol. The molecule has 0 bridgehead atoms. The summed E-state index contributed by atoms with van der Waals surface area (Å²) in [6, 6.07) is 21.6. The Labute approximate surface area is 155 Å². The molecule has 0 aliphatic carbocycles. The van der Waals surface area contributed by atoms with E-state index in [9.17, 15) is 9.18 Å². The molecule has 0 saturated heterocycles. The SMILES string of the molecule is O=C1C(=Cc2ccc(OCc3ccccc3F)cc2)Sc2ccccc21. The second-order valence-electron chi connectivity index (χ2n) is 5.89. The van der Waals surface area contributed by atoms with Gasteiger partial charge >= 0.3 is 0 Å². The molecule has 4 rings (SSSR count). The lowest BCUT2D eigenvalue weighted by Crippen LogP contribution is -1.98. The topological polar surface area (TPSA) is 26.3 Å². The molecule has 0 atom stereocenters. The smallest absolute Gasteiger partial charge is 0.200 e. The molecule has 4 heteroatoms. The third kappa shape index (κ3) is 3.41. The van der Waals surface area contributed by atoms with Crippen molar-refractivity contribution >= 4 is 23.6 Å². The van der Waals surface area contributed by atoms with E-state index < -0.39 is 0 Å². The number of carbonyl (C=O) groups excluding carboxylic acids is 1. The summed E-state index contributed by atoms with van der Waals surface area (Å²) in [5.41, 5.74) is 2.20. The van der Waals surface area contributed by atoms with Crippen molar-refractivity contribution in [2.24, 2.45) is 0 Å². The highest BCUT2D eigenvalue weighted by molar-refractivity contribution is 8.04. The third-order valence-corrected chi connectivity index (χ3v) is 5.20. The molecule has 0 radical (unpaired) electrons. The molecule has 3 aromatic carbocycles. The van der Waals surface area contributed by atoms with Crippen LogP contribution < -0.4 is 4.74 Å². The number of thioether (sulfide) groups is 1. The Kier molecular flexibility index (Phi) is 4.59. The molecule has 1 aliphatic rings. The van der Waals surface area contributed by atoms with Gasteiger partial charge in [-0.15, -0.1) is 0 Å². The van der Waals surface area contributed by atoms with Crippen molar-refractivity contribution in [2.75, 3.05) is 0 Å². The fraction of sp³-hybridized carbons (Fsp3) is 0.0455. The molecule has 0 saturated carbocycles. The number of ketones is 1. The number of hydrogen-bond acceptors (Lipinski definition) is 3. The first-order valence-electron chi connectivity index (χ1n) is 8.20. The van der Waals surface area contributed by atoms with E-state index >= 15 is 0 Å². The second kappa shape index (κ2) is 7.18. The minimum Gasteiger partial charge on any atom is -0.489 e. The number of halogens is 1. The fourth-order valence-electron chi connectivity index (χ4n) is 2.72. The highest BCUT2D eigenvalue weighted by Crippen LogP contribution is 2.40. The van der Waals surface area contributed by atoms with Crippen LogP contribution in [0.4, 0.5) is 4.39 Å². The fourth-order valence-corrected chi connectivity index (χ4v) is 3.78. The molecular formula is C22H15FO2S. The van der Waals surface area contributed by atoms with Crippen molar-refractivity contribution in [3.05, 3.63) is 100 Å². The highest BCUT2D eigenvalue weighted by atomic mass is 32.2. The van der Waals surface area contributed by atoms with Gasteiger partial charge in [-0.3, -0.25) is 4.79 Å². The van der Waals surface area contributed by atoms with Gasteiger partial charge in [0.1, 0.15) is 18.2 Å². The number of carbonyl (C=O) groups is 1. The van der Waals surface area contributed by atoms with Gasteiger partial charge in [0, 0.05) is 16.0 Å². The number of fused-ring (bicyclic) bond motifs is 1. The molecule has 0 unspecified atom stereocenters. The van der Waals surface area contributed by atoms with Gasteiger partial charge in [-0.1, -0.05) is 54.2 Å². The minimum absolute atomic E-state index is 0.0606. The summed E-state index contributed by atoms with van der Waals surface area (Å²) in [5.74, 6) is 0.444. The van der Waals surface area contributed by atoms with Crippen molar-refractivity contribution in [1.82, 2.24) is 0 Å². The summed E-state index contributed by atoms with van der Waals surface area (Å²) in [4.78, 5) is 14.1. The van der Waals surface area contributed by atoms with Gasteiger partial charge in [-0.05, 0) is 42.0 Å². The van der Waals surface area contributed by atoms with Gasteiger partial charge < -0.3 is 4.74 Å². The molecule has 2 nitrogen and oxygen atoms in total. The molecule has 3 aromatic rings. The number of ether oxygens (including phenoxy) is 1. The van der Waals surface area contributed by atoms with Gasteiger partial charge in [0.2, 0.25) is 5.78 Å². The normalized spacial score (nSPS) is 14.5. The molecule has 0 spiro atoms. The first-order valence-corrected chi connectivity index (χ1v) is 9.02. The van der Waals surface area contributed by atoms with E-state index in [2.05, 4.69) is 0 Å². The van der Waals surface area contributed by atoms with E-state index in [0.717, 1.165) is 16.0 Å². The van der Waals surface area contributed by atoms with Crippen LogP contribution in [0.1, 0.15) is 21.5 Å². The van der Waals surface area contributed by atoms with E-state index in [1.165, 1.54) is 17.8 Å². The predicted octanol–water partition coefficient (Wildman–Crippen LogP) is 5.73. The maximum Gasteiger partial charge on any atom is 0.200 e. The average molecular weight is 362 g/mol. The lowest BCUT2D eigenvalue weighted by atomic mass is 10.1. The van der Waals surface area contributed by atoms with Crippen LogP contribution in [0.15, 0.2) is 82.6 Å². The van der Waals surface area contributed by atoms with Gasteiger partial charge in [-0.2, -0.15) is 0 Å². The number of Topliss-reactive ketones (excluding diaryl/α,β-unsaturated/α-hetero) is 1. The first kappa shape index (κ1) is 16.6. The van der Waals surface area contributed by atoms with Gasteiger partial charge in [0.05, 0.1) is 4.91 Å². The quantitative estimate of drug-likeness (QED) is 0.554. The molecule has 1 heterocycles. The summed E-state index contributed by atoms with van der Waals surface area (Å²) in [6.45, 7) is 0.177. The van der Waals surface area contributed by atoms with Gasteiger partial charge in [0.25, 0.3) is 0 Å². The molecule has 1 aliphatic heterocycles. The second-order valence-corrected chi connectivity index (χ2v) is 6.97. The van der Waals surface area contributed by atoms with Crippen molar-refractivity contribution in [3.8, 4) is 5.75 Å². The van der Waals surface area contributed by atoms with Crippen LogP contribution in [-0.4, -0.2) is 5.78 Å². The minimum atomic E-state index is -0.273. The molecule has 0 aromatic heterocycles. The highest BCUT2D eigenvalue weighted by Gasteiger charge is 2.24. The monoisotopic (exact) mass is 362 g/mol. The summed E-state index contributed by atoms with van der Waals surface area (Å²) in [7, 11) is 0. The Morgan fingerprint density at radius 1 is 0.923 bits per heavy atom. The maximum absolute atomic E-state index is 13.6. The van der Waals surface area contributed by atoms with Crippen LogP contribution in [0, 0.1) is 5.82 Å². The van der Waals surface area contributed by atoms with Gasteiger partial charge in [-0.25, -0.2) is 4.39 Å². The number of rotatable bonds is 4.